The van der Waals surface area contributed by atoms with Crippen molar-refractivity contribution in [3.05, 3.63) is 48.4 Å². The summed E-state index contributed by atoms with van der Waals surface area (Å²) in [5, 5.41) is 0. The maximum Gasteiger partial charge on any atom is 0.419 e. The number of hydrogen-bond donors (Lipinski definition) is 1. The number of hydrogen-bond acceptors (Lipinski definition) is 4. The zero-order chi connectivity index (χ0) is 15.0. The highest BCUT2D eigenvalue weighted by Gasteiger charge is 2.34. The number of halogens is 3. The Balaban J connectivity index is 2.09. The summed E-state index contributed by atoms with van der Waals surface area (Å²) < 4.78 is 45.6. The lowest BCUT2D eigenvalue weighted by Crippen LogP contribution is -2.07. The van der Waals surface area contributed by atoms with E-state index in [0.29, 0.717) is 0 Å². The predicted molar refractivity (Wildman–Crippen MR) is 68.9 cm³/mol. The number of ether oxygens (including phenoxy) is 1. The first-order valence-corrected chi connectivity index (χ1v) is 5.88. The third-order valence-electron chi connectivity index (χ3n) is 2.76. The number of nitrogens with two attached hydrogens (primary N) is 1. The highest BCUT2D eigenvalue weighted by Crippen LogP contribution is 2.38. The van der Waals surface area contributed by atoms with E-state index in [1.54, 1.807) is 6.20 Å². The van der Waals surface area contributed by atoms with Gasteiger partial charge in [0.05, 0.1) is 11.8 Å². The Morgan fingerprint density at radius 3 is 2.71 bits per heavy atom. The average Bonchev–Trinajstić information content (AvgIpc) is 2.86. The van der Waals surface area contributed by atoms with E-state index in [-0.39, 0.29) is 23.1 Å². The first-order chi connectivity index (χ1) is 9.95. The Morgan fingerprint density at radius 2 is 1.95 bits per heavy atom. The number of rotatable bonds is 2. The van der Waals surface area contributed by atoms with Gasteiger partial charge < -0.3 is 10.5 Å². The van der Waals surface area contributed by atoms with E-state index in [9.17, 15) is 13.2 Å². The number of fused-ring (bicyclic) bond motifs is 1. The van der Waals surface area contributed by atoms with Crippen LogP contribution in [0.15, 0.2) is 42.9 Å². The van der Waals surface area contributed by atoms with Gasteiger partial charge in [0, 0.05) is 12.4 Å². The minimum atomic E-state index is -4.53. The van der Waals surface area contributed by atoms with Gasteiger partial charge >= 0.3 is 6.18 Å². The molecule has 0 aliphatic rings. The summed E-state index contributed by atoms with van der Waals surface area (Å²) in [5.41, 5.74) is 4.99. The van der Waals surface area contributed by atoms with Crippen LogP contribution in [0, 0.1) is 0 Å². The second-order valence-electron chi connectivity index (χ2n) is 4.23. The van der Waals surface area contributed by atoms with Gasteiger partial charge in [0.1, 0.15) is 11.6 Å². The van der Waals surface area contributed by atoms with Crippen molar-refractivity contribution in [1.29, 1.82) is 0 Å². The zero-order valence-electron chi connectivity index (χ0n) is 10.5. The molecular formula is C13H9F3N4O. The summed E-state index contributed by atoms with van der Waals surface area (Å²) in [6, 6.07) is 4.88. The van der Waals surface area contributed by atoms with Gasteiger partial charge in [-0.3, -0.25) is 4.40 Å². The van der Waals surface area contributed by atoms with Crippen molar-refractivity contribution in [2.24, 2.45) is 0 Å². The average molecular weight is 294 g/mol. The fraction of sp³-hybridized carbons (Fsp3) is 0.0769. The van der Waals surface area contributed by atoms with Gasteiger partial charge in [-0.2, -0.15) is 18.2 Å². The van der Waals surface area contributed by atoms with Crippen molar-refractivity contribution in [3.63, 3.8) is 0 Å². The molecule has 0 unspecified atom stereocenters. The number of anilines is 1. The number of alkyl halides is 3. The molecule has 0 radical (unpaired) electrons. The predicted octanol–water partition coefficient (Wildman–Crippen LogP) is 3.12. The SMILES string of the molecule is Nc1cn2ccnc2c(Oc2ccccc2C(F)(F)F)n1. The summed E-state index contributed by atoms with van der Waals surface area (Å²) >= 11 is 0. The summed E-state index contributed by atoms with van der Waals surface area (Å²) in [6.07, 6.45) is 0.0301. The topological polar surface area (TPSA) is 65.4 Å². The summed E-state index contributed by atoms with van der Waals surface area (Å²) in [4.78, 5) is 7.88. The van der Waals surface area contributed by atoms with Crippen molar-refractivity contribution < 1.29 is 17.9 Å². The molecule has 0 saturated carbocycles. The Hall–Kier alpha value is -2.77. The van der Waals surface area contributed by atoms with E-state index in [4.69, 9.17) is 10.5 Å². The zero-order valence-corrected chi connectivity index (χ0v) is 10.5. The van der Waals surface area contributed by atoms with Crippen LogP contribution in [0.5, 0.6) is 11.6 Å². The van der Waals surface area contributed by atoms with Gasteiger partial charge in [0.2, 0.25) is 5.65 Å². The second-order valence-corrected chi connectivity index (χ2v) is 4.23. The van der Waals surface area contributed by atoms with Crippen LogP contribution < -0.4 is 10.5 Å². The number of benzene rings is 1. The van der Waals surface area contributed by atoms with Crippen LogP contribution in [-0.4, -0.2) is 14.4 Å². The molecular weight excluding hydrogens is 285 g/mol. The van der Waals surface area contributed by atoms with Gasteiger partial charge in [-0.05, 0) is 12.1 Å². The molecule has 3 rings (SSSR count). The molecule has 3 aromatic rings. The number of aromatic nitrogens is 3. The number of imidazole rings is 1. The van der Waals surface area contributed by atoms with E-state index in [1.807, 2.05) is 0 Å². The van der Waals surface area contributed by atoms with Crippen LogP contribution in [0.1, 0.15) is 5.56 Å². The van der Waals surface area contributed by atoms with Gasteiger partial charge in [0.25, 0.3) is 5.88 Å². The van der Waals surface area contributed by atoms with E-state index in [1.165, 1.54) is 35.0 Å². The van der Waals surface area contributed by atoms with Crippen LogP contribution in [0.3, 0.4) is 0 Å². The van der Waals surface area contributed by atoms with Crippen LogP contribution in [0.4, 0.5) is 19.0 Å². The van der Waals surface area contributed by atoms with Crippen LogP contribution >= 0.6 is 0 Å². The maximum absolute atomic E-state index is 12.9. The van der Waals surface area contributed by atoms with Gasteiger partial charge in [-0.25, -0.2) is 4.98 Å². The molecule has 0 spiro atoms. The molecule has 1 aromatic carbocycles. The van der Waals surface area contributed by atoms with Crippen molar-refractivity contribution in [2.45, 2.75) is 6.18 Å². The molecule has 0 aliphatic heterocycles. The Kier molecular flexibility index (Phi) is 2.93. The molecule has 8 heteroatoms. The van der Waals surface area contributed by atoms with Crippen LogP contribution in [0.2, 0.25) is 0 Å². The number of nitrogens with zero attached hydrogens (tertiary/aromatic N) is 3. The number of para-hydroxylation sites is 1. The van der Waals surface area contributed by atoms with E-state index < -0.39 is 11.7 Å². The van der Waals surface area contributed by atoms with Crippen LogP contribution in [0.25, 0.3) is 5.65 Å². The van der Waals surface area contributed by atoms with E-state index in [2.05, 4.69) is 9.97 Å². The molecule has 0 atom stereocenters. The van der Waals surface area contributed by atoms with Crippen molar-refractivity contribution in [1.82, 2.24) is 14.4 Å². The first kappa shape index (κ1) is 13.2. The minimum Gasteiger partial charge on any atom is -0.435 e. The fourth-order valence-corrected chi connectivity index (χ4v) is 1.88. The fourth-order valence-electron chi connectivity index (χ4n) is 1.88. The molecule has 0 aliphatic carbocycles. The third kappa shape index (κ3) is 2.47. The van der Waals surface area contributed by atoms with Gasteiger partial charge in [0.15, 0.2) is 0 Å². The molecule has 0 fully saturated rings. The Bertz CT molecular complexity index is 797. The molecule has 2 aromatic heterocycles. The third-order valence-corrected chi connectivity index (χ3v) is 2.76. The summed E-state index contributed by atoms with van der Waals surface area (Å²) in [6.45, 7) is 0. The summed E-state index contributed by atoms with van der Waals surface area (Å²) in [7, 11) is 0. The first-order valence-electron chi connectivity index (χ1n) is 5.88. The lowest BCUT2D eigenvalue weighted by atomic mass is 10.2. The normalized spacial score (nSPS) is 11.8. The quantitative estimate of drug-likeness (QED) is 0.788. The highest BCUT2D eigenvalue weighted by atomic mass is 19.4. The lowest BCUT2D eigenvalue weighted by Gasteiger charge is -2.13. The summed E-state index contributed by atoms with van der Waals surface area (Å²) in [5.74, 6) is -0.329. The van der Waals surface area contributed by atoms with E-state index >= 15 is 0 Å². The number of nitrogen functional groups attached to an aromatic ring is 1. The van der Waals surface area contributed by atoms with Gasteiger partial charge in [-0.15, -0.1) is 0 Å². The van der Waals surface area contributed by atoms with E-state index in [0.717, 1.165) is 6.07 Å². The maximum atomic E-state index is 12.9. The Labute approximate surface area is 116 Å². The molecule has 0 saturated heterocycles. The molecule has 108 valence electrons. The molecule has 0 bridgehead atoms. The van der Waals surface area contributed by atoms with Crippen molar-refractivity contribution in [3.8, 4) is 11.6 Å². The minimum absolute atomic E-state index is 0.0864. The molecule has 21 heavy (non-hydrogen) atoms. The molecule has 0 amide bonds. The molecule has 2 N–H and O–H groups in total. The monoisotopic (exact) mass is 294 g/mol. The van der Waals surface area contributed by atoms with Crippen molar-refractivity contribution >= 4 is 11.5 Å². The van der Waals surface area contributed by atoms with Crippen LogP contribution in [-0.2, 0) is 6.18 Å². The second kappa shape index (κ2) is 4.65. The highest BCUT2D eigenvalue weighted by molar-refractivity contribution is 5.54. The molecule has 5 nitrogen and oxygen atoms in total. The smallest absolute Gasteiger partial charge is 0.419 e. The Morgan fingerprint density at radius 1 is 1.19 bits per heavy atom. The van der Waals surface area contributed by atoms with Gasteiger partial charge in [-0.1, -0.05) is 12.1 Å². The molecule has 2 heterocycles. The largest absolute Gasteiger partial charge is 0.435 e. The lowest BCUT2D eigenvalue weighted by molar-refractivity contribution is -0.138. The van der Waals surface area contributed by atoms with Crippen molar-refractivity contribution in [2.75, 3.05) is 5.73 Å². The standard InChI is InChI=1S/C13H9F3N4O/c14-13(15,16)8-3-1-2-4-9(8)21-12-11-18-5-6-20(11)7-10(17)19-12/h1-7H,17H2.